The van der Waals surface area contributed by atoms with Crippen molar-refractivity contribution in [2.45, 2.75) is 27.0 Å². The Morgan fingerprint density at radius 3 is 2.35 bits per heavy atom. The average molecular weight is 509 g/mol. The highest BCUT2D eigenvalue weighted by Crippen LogP contribution is 2.26. The molecule has 6 nitrogen and oxygen atoms in total. The van der Waals surface area contributed by atoms with Gasteiger partial charge in [-0.3, -0.25) is 9.48 Å². The van der Waals surface area contributed by atoms with Gasteiger partial charge in [0.25, 0.3) is 0 Å². The lowest BCUT2D eigenvalue weighted by Gasteiger charge is -2.09. The second kappa shape index (κ2) is 11.3. The minimum Gasteiger partial charge on any atom is -0.454 e. The van der Waals surface area contributed by atoms with Crippen molar-refractivity contribution in [3.63, 3.8) is 0 Å². The summed E-state index contributed by atoms with van der Waals surface area (Å²) in [6, 6.07) is 10.4. The van der Waals surface area contributed by atoms with E-state index >= 15 is 0 Å². The second-order valence-electron chi connectivity index (χ2n) is 7.21. The molecule has 0 aliphatic heterocycles. The fourth-order valence-electron chi connectivity index (χ4n) is 3.18. The minimum atomic E-state index is -2.96. The van der Waals surface area contributed by atoms with Gasteiger partial charge in [-0.05, 0) is 56.3 Å². The topological polar surface area (TPSA) is 70.4 Å². The number of halogens is 4. The molecule has 0 saturated carbocycles. The predicted molar refractivity (Wildman–Crippen MR) is 125 cm³/mol. The molecular formula is C24H20Cl2F2N2O4. The third-order valence-corrected chi connectivity index (χ3v) is 5.65. The first-order chi connectivity index (χ1) is 16.2. The summed E-state index contributed by atoms with van der Waals surface area (Å²) < 4.78 is 35.4. The van der Waals surface area contributed by atoms with Crippen LogP contribution in [0.4, 0.5) is 8.78 Å². The van der Waals surface area contributed by atoms with Crippen molar-refractivity contribution in [2.24, 2.45) is 0 Å². The van der Waals surface area contributed by atoms with Crippen LogP contribution in [0.2, 0.25) is 10.0 Å². The number of nitrogens with zero attached hydrogens (tertiary/aromatic N) is 2. The van der Waals surface area contributed by atoms with Crippen LogP contribution in [0.1, 0.15) is 32.9 Å². The number of aromatic nitrogens is 2. The molecule has 0 atom stereocenters. The maximum atomic E-state index is 12.2. The van der Waals surface area contributed by atoms with Crippen LogP contribution in [0.25, 0.3) is 6.08 Å². The summed E-state index contributed by atoms with van der Waals surface area (Å²) in [5, 5.41) is 5.55. The zero-order chi connectivity index (χ0) is 24.8. The van der Waals surface area contributed by atoms with Gasteiger partial charge in [0.05, 0.1) is 12.2 Å². The van der Waals surface area contributed by atoms with Crippen LogP contribution in [0, 0.1) is 13.8 Å². The van der Waals surface area contributed by atoms with Gasteiger partial charge < -0.3 is 9.47 Å². The highest BCUT2D eigenvalue weighted by Gasteiger charge is 2.14. The fourth-order valence-corrected chi connectivity index (χ4v) is 3.70. The number of Topliss-reactive ketones (excluding diaryl/α,β-unsaturated/α-hetero) is 1. The molecule has 0 aliphatic rings. The molecule has 2 aromatic carbocycles. The van der Waals surface area contributed by atoms with Crippen LogP contribution < -0.4 is 4.74 Å². The van der Waals surface area contributed by atoms with Gasteiger partial charge in [-0.15, -0.1) is 0 Å². The summed E-state index contributed by atoms with van der Waals surface area (Å²) in [6.07, 6.45) is 2.77. The number of aryl methyl sites for hydroxylation is 1. The minimum absolute atomic E-state index is 0.0745. The van der Waals surface area contributed by atoms with E-state index in [1.54, 1.807) is 35.9 Å². The molecule has 0 N–H and O–H groups in total. The molecule has 0 fully saturated rings. The van der Waals surface area contributed by atoms with Crippen molar-refractivity contribution in [2.75, 3.05) is 6.61 Å². The number of hydrogen-bond acceptors (Lipinski definition) is 5. The summed E-state index contributed by atoms with van der Waals surface area (Å²) in [6.45, 7) is 0.552. The quantitative estimate of drug-likeness (QED) is 0.204. The maximum Gasteiger partial charge on any atom is 0.387 e. The number of hydrogen-bond donors (Lipinski definition) is 0. The van der Waals surface area contributed by atoms with E-state index in [2.05, 4.69) is 9.84 Å². The Hall–Kier alpha value is -3.23. The molecule has 1 aromatic heterocycles. The normalized spacial score (nSPS) is 11.3. The van der Waals surface area contributed by atoms with E-state index < -0.39 is 25.0 Å². The molecule has 178 valence electrons. The van der Waals surface area contributed by atoms with E-state index in [1.807, 2.05) is 6.92 Å². The molecule has 0 radical (unpaired) electrons. The van der Waals surface area contributed by atoms with E-state index in [1.165, 1.54) is 30.3 Å². The lowest BCUT2D eigenvalue weighted by atomic mass is 10.1. The zero-order valence-corrected chi connectivity index (χ0v) is 19.7. The largest absolute Gasteiger partial charge is 0.454 e. The van der Waals surface area contributed by atoms with Gasteiger partial charge in [-0.2, -0.15) is 13.9 Å². The molecule has 3 rings (SSSR count). The molecule has 10 heteroatoms. The van der Waals surface area contributed by atoms with Crippen LogP contribution in [0.3, 0.4) is 0 Å². The number of alkyl halides is 2. The monoisotopic (exact) mass is 508 g/mol. The van der Waals surface area contributed by atoms with E-state index in [0.717, 1.165) is 16.8 Å². The smallest absolute Gasteiger partial charge is 0.387 e. The zero-order valence-electron chi connectivity index (χ0n) is 18.2. The lowest BCUT2D eigenvalue weighted by Crippen LogP contribution is -2.12. The van der Waals surface area contributed by atoms with Gasteiger partial charge in [-0.1, -0.05) is 29.3 Å². The van der Waals surface area contributed by atoms with Gasteiger partial charge in [0, 0.05) is 38.5 Å². The van der Waals surface area contributed by atoms with Gasteiger partial charge in [-0.25, -0.2) is 4.79 Å². The van der Waals surface area contributed by atoms with Crippen molar-refractivity contribution in [1.29, 1.82) is 0 Å². The Morgan fingerprint density at radius 1 is 1.09 bits per heavy atom. The molecule has 3 aromatic rings. The van der Waals surface area contributed by atoms with Crippen molar-refractivity contribution in [1.82, 2.24) is 9.78 Å². The first-order valence-electron chi connectivity index (χ1n) is 10.1. The molecule has 34 heavy (non-hydrogen) atoms. The maximum absolute atomic E-state index is 12.2. The van der Waals surface area contributed by atoms with Crippen LogP contribution >= 0.6 is 23.2 Å². The van der Waals surface area contributed by atoms with Crippen LogP contribution in [0.5, 0.6) is 5.75 Å². The summed E-state index contributed by atoms with van der Waals surface area (Å²) >= 11 is 12.5. The Balaban J connectivity index is 1.61. The Bertz CT molecular complexity index is 1200. The van der Waals surface area contributed by atoms with Gasteiger partial charge in [0.1, 0.15) is 5.75 Å². The van der Waals surface area contributed by atoms with Crippen LogP contribution in [-0.4, -0.2) is 34.8 Å². The van der Waals surface area contributed by atoms with Crippen molar-refractivity contribution >= 4 is 41.0 Å². The second-order valence-corrected chi connectivity index (χ2v) is 8.02. The fraction of sp³-hybridized carbons (Fsp3) is 0.208. The number of carbonyl (C=O) groups is 2. The Kier molecular flexibility index (Phi) is 8.41. The number of esters is 1. The standard InChI is InChI=1S/C24H20Cl2F2N2O4/c1-14-18(15(2)30(29-14)12-19-20(25)4-3-5-21(19)26)10-11-23(32)33-13-22(31)16-6-8-17(9-7-16)34-24(27)28/h3-11,24H,12-13H2,1-2H3. The predicted octanol–water partition coefficient (Wildman–Crippen LogP) is 5.90. The summed E-state index contributed by atoms with van der Waals surface area (Å²) in [4.78, 5) is 24.3. The molecule has 0 bridgehead atoms. The van der Waals surface area contributed by atoms with Gasteiger partial charge in [0.2, 0.25) is 0 Å². The van der Waals surface area contributed by atoms with E-state index in [4.69, 9.17) is 27.9 Å². The van der Waals surface area contributed by atoms with E-state index in [0.29, 0.717) is 22.3 Å². The number of carbonyl (C=O) groups excluding carboxylic acids is 2. The first-order valence-corrected chi connectivity index (χ1v) is 10.8. The first kappa shape index (κ1) is 25.4. The van der Waals surface area contributed by atoms with Crippen molar-refractivity contribution in [3.05, 3.63) is 86.7 Å². The van der Waals surface area contributed by atoms with Crippen LogP contribution in [-0.2, 0) is 16.1 Å². The SMILES string of the molecule is Cc1nn(Cc2c(Cl)cccc2Cl)c(C)c1C=CC(=O)OCC(=O)c1ccc(OC(F)F)cc1. The molecule has 1 heterocycles. The Labute approximate surface area is 204 Å². The molecule has 0 unspecified atom stereocenters. The van der Waals surface area contributed by atoms with E-state index in [-0.39, 0.29) is 11.3 Å². The molecule has 0 amide bonds. The molecular weight excluding hydrogens is 489 g/mol. The highest BCUT2D eigenvalue weighted by molar-refractivity contribution is 6.36. The molecule has 0 aliphatic carbocycles. The molecule has 0 spiro atoms. The number of ether oxygens (including phenoxy) is 2. The lowest BCUT2D eigenvalue weighted by molar-refractivity contribution is -0.136. The van der Waals surface area contributed by atoms with Crippen molar-refractivity contribution in [3.8, 4) is 5.75 Å². The Morgan fingerprint density at radius 2 is 1.74 bits per heavy atom. The van der Waals surface area contributed by atoms with Gasteiger partial charge >= 0.3 is 12.6 Å². The van der Waals surface area contributed by atoms with Crippen molar-refractivity contribution < 1.29 is 27.8 Å². The summed E-state index contributed by atoms with van der Waals surface area (Å²) in [7, 11) is 0. The highest BCUT2D eigenvalue weighted by atomic mass is 35.5. The third-order valence-electron chi connectivity index (χ3n) is 4.94. The number of benzene rings is 2. The summed E-state index contributed by atoms with van der Waals surface area (Å²) in [5.41, 5.74) is 3.14. The molecule has 0 saturated heterocycles. The number of rotatable bonds is 9. The summed E-state index contributed by atoms with van der Waals surface area (Å²) in [5.74, 6) is -1.27. The van der Waals surface area contributed by atoms with Crippen LogP contribution in [0.15, 0.2) is 48.5 Å². The third kappa shape index (κ3) is 6.42. The average Bonchev–Trinajstić information content (AvgIpc) is 3.05. The van der Waals surface area contributed by atoms with Gasteiger partial charge in [0.15, 0.2) is 12.4 Å². The number of ketones is 1. The van der Waals surface area contributed by atoms with E-state index in [9.17, 15) is 18.4 Å².